The Bertz CT molecular complexity index is 665. The summed E-state index contributed by atoms with van der Waals surface area (Å²) in [6.07, 6.45) is 0.853. The van der Waals surface area contributed by atoms with Gasteiger partial charge in [0.2, 0.25) is 5.91 Å². The second-order valence-electron chi connectivity index (χ2n) is 4.75. The maximum Gasteiger partial charge on any atom is 0.337 e. The van der Waals surface area contributed by atoms with Gasteiger partial charge in [0.25, 0.3) is 0 Å². The summed E-state index contributed by atoms with van der Waals surface area (Å²) in [5.74, 6) is -0.515. The molecule has 0 aromatic heterocycles. The highest BCUT2D eigenvalue weighted by Crippen LogP contribution is 2.16. The standard InChI is InChI=1S/C17H17NO4/c1-22-13-9-6-12(7-10-13)8-11-16(19)18-15-5-3-2-4-14(15)17(20)21/h2-7,9-10H,8,11H2,1H3,(H,18,19)(H,20,21). The molecular weight excluding hydrogens is 282 g/mol. The van der Waals surface area contributed by atoms with Crippen LogP contribution in [0.25, 0.3) is 0 Å². The molecule has 0 aliphatic carbocycles. The van der Waals surface area contributed by atoms with E-state index >= 15 is 0 Å². The third-order valence-electron chi connectivity index (χ3n) is 3.23. The van der Waals surface area contributed by atoms with Crippen LogP contribution in [0.5, 0.6) is 5.75 Å². The van der Waals surface area contributed by atoms with Crippen molar-refractivity contribution in [2.75, 3.05) is 12.4 Å². The van der Waals surface area contributed by atoms with Crippen molar-refractivity contribution in [1.82, 2.24) is 0 Å². The predicted molar refractivity (Wildman–Crippen MR) is 83.3 cm³/mol. The summed E-state index contributed by atoms with van der Waals surface area (Å²) in [6.45, 7) is 0. The first-order chi connectivity index (χ1) is 10.6. The summed E-state index contributed by atoms with van der Waals surface area (Å²) < 4.78 is 5.07. The van der Waals surface area contributed by atoms with Gasteiger partial charge >= 0.3 is 5.97 Å². The minimum absolute atomic E-state index is 0.0836. The average Bonchev–Trinajstić information content (AvgIpc) is 2.53. The zero-order valence-corrected chi connectivity index (χ0v) is 12.2. The van der Waals surface area contributed by atoms with Crippen molar-refractivity contribution in [3.05, 3.63) is 59.7 Å². The molecule has 114 valence electrons. The molecule has 0 saturated carbocycles. The van der Waals surface area contributed by atoms with E-state index in [1.807, 2.05) is 24.3 Å². The Balaban J connectivity index is 1.94. The maximum atomic E-state index is 12.0. The van der Waals surface area contributed by atoms with E-state index < -0.39 is 5.97 Å². The monoisotopic (exact) mass is 299 g/mol. The van der Waals surface area contributed by atoms with Crippen molar-refractivity contribution in [2.45, 2.75) is 12.8 Å². The van der Waals surface area contributed by atoms with Crippen LogP contribution in [0.4, 0.5) is 5.69 Å². The minimum atomic E-state index is -1.06. The van der Waals surface area contributed by atoms with Gasteiger partial charge in [-0.2, -0.15) is 0 Å². The fourth-order valence-electron chi connectivity index (χ4n) is 2.04. The van der Waals surface area contributed by atoms with Crippen molar-refractivity contribution in [3.8, 4) is 5.75 Å². The first-order valence-corrected chi connectivity index (χ1v) is 6.85. The Morgan fingerprint density at radius 1 is 1.09 bits per heavy atom. The van der Waals surface area contributed by atoms with E-state index in [4.69, 9.17) is 9.84 Å². The van der Waals surface area contributed by atoms with E-state index in [1.54, 1.807) is 25.3 Å². The molecule has 0 atom stereocenters. The summed E-state index contributed by atoms with van der Waals surface area (Å²) >= 11 is 0. The number of ether oxygens (including phenoxy) is 1. The second kappa shape index (κ2) is 7.26. The lowest BCUT2D eigenvalue weighted by atomic mass is 10.1. The van der Waals surface area contributed by atoms with Gasteiger partial charge in [-0.1, -0.05) is 24.3 Å². The Labute approximate surface area is 128 Å². The predicted octanol–water partition coefficient (Wildman–Crippen LogP) is 2.96. The highest BCUT2D eigenvalue weighted by Gasteiger charge is 2.11. The zero-order valence-electron chi connectivity index (χ0n) is 12.2. The van der Waals surface area contributed by atoms with Crippen LogP contribution in [0.2, 0.25) is 0 Å². The summed E-state index contributed by atoms with van der Waals surface area (Å²) in [5, 5.41) is 11.7. The van der Waals surface area contributed by atoms with Crippen LogP contribution < -0.4 is 10.1 Å². The Morgan fingerprint density at radius 2 is 1.77 bits per heavy atom. The molecule has 0 bridgehead atoms. The van der Waals surface area contributed by atoms with Gasteiger partial charge in [-0.15, -0.1) is 0 Å². The average molecular weight is 299 g/mol. The van der Waals surface area contributed by atoms with Gasteiger partial charge in [0.1, 0.15) is 5.75 Å². The normalized spacial score (nSPS) is 10.0. The third kappa shape index (κ3) is 4.09. The van der Waals surface area contributed by atoms with Gasteiger partial charge in [-0.3, -0.25) is 4.79 Å². The van der Waals surface area contributed by atoms with Crippen molar-refractivity contribution in [2.24, 2.45) is 0 Å². The number of nitrogens with one attached hydrogen (secondary N) is 1. The number of carboxylic acid groups (broad SMARTS) is 1. The van der Waals surface area contributed by atoms with Crippen LogP contribution in [0.15, 0.2) is 48.5 Å². The summed E-state index contributed by atoms with van der Waals surface area (Å²) in [6, 6.07) is 13.8. The van der Waals surface area contributed by atoms with Crippen LogP contribution in [-0.4, -0.2) is 24.1 Å². The van der Waals surface area contributed by atoms with Gasteiger partial charge in [0, 0.05) is 6.42 Å². The van der Waals surface area contributed by atoms with Crippen molar-refractivity contribution in [3.63, 3.8) is 0 Å². The zero-order chi connectivity index (χ0) is 15.9. The number of benzene rings is 2. The number of para-hydroxylation sites is 1. The quantitative estimate of drug-likeness (QED) is 0.860. The highest BCUT2D eigenvalue weighted by atomic mass is 16.5. The molecule has 5 nitrogen and oxygen atoms in total. The highest BCUT2D eigenvalue weighted by molar-refractivity contribution is 6.00. The van der Waals surface area contributed by atoms with E-state index in [-0.39, 0.29) is 17.9 Å². The van der Waals surface area contributed by atoms with Crippen LogP contribution in [0, 0.1) is 0 Å². The number of amides is 1. The third-order valence-corrected chi connectivity index (χ3v) is 3.23. The van der Waals surface area contributed by atoms with Crippen LogP contribution in [-0.2, 0) is 11.2 Å². The Hall–Kier alpha value is -2.82. The summed E-state index contributed by atoms with van der Waals surface area (Å²) in [4.78, 5) is 23.0. The van der Waals surface area contributed by atoms with Crippen molar-refractivity contribution >= 4 is 17.6 Å². The van der Waals surface area contributed by atoms with Gasteiger partial charge < -0.3 is 15.2 Å². The molecule has 0 aliphatic rings. The van der Waals surface area contributed by atoms with Crippen molar-refractivity contribution < 1.29 is 19.4 Å². The minimum Gasteiger partial charge on any atom is -0.497 e. The van der Waals surface area contributed by atoms with E-state index in [0.29, 0.717) is 12.1 Å². The molecule has 1 amide bonds. The SMILES string of the molecule is COc1ccc(CCC(=O)Nc2ccccc2C(=O)O)cc1. The summed E-state index contributed by atoms with van der Waals surface area (Å²) in [5.41, 5.74) is 1.41. The lowest BCUT2D eigenvalue weighted by molar-refractivity contribution is -0.116. The molecule has 0 fully saturated rings. The molecule has 2 aromatic rings. The molecule has 2 rings (SSSR count). The number of anilines is 1. The number of hydrogen-bond donors (Lipinski definition) is 2. The second-order valence-corrected chi connectivity index (χ2v) is 4.75. The van der Waals surface area contributed by atoms with E-state index in [1.165, 1.54) is 6.07 Å². The number of aryl methyl sites for hydroxylation is 1. The molecule has 2 aromatic carbocycles. The molecule has 2 N–H and O–H groups in total. The number of methoxy groups -OCH3 is 1. The fraction of sp³-hybridized carbons (Fsp3) is 0.176. The first-order valence-electron chi connectivity index (χ1n) is 6.85. The van der Waals surface area contributed by atoms with Crippen LogP contribution >= 0.6 is 0 Å². The molecule has 0 heterocycles. The molecule has 0 saturated heterocycles. The van der Waals surface area contributed by atoms with Gasteiger partial charge in [0.15, 0.2) is 0 Å². The Kier molecular flexibility index (Phi) is 5.14. The molecular formula is C17H17NO4. The van der Waals surface area contributed by atoms with Crippen LogP contribution in [0.3, 0.4) is 0 Å². The number of carboxylic acids is 1. The van der Waals surface area contributed by atoms with Crippen LogP contribution in [0.1, 0.15) is 22.3 Å². The van der Waals surface area contributed by atoms with Gasteiger partial charge in [-0.05, 0) is 36.2 Å². The Morgan fingerprint density at radius 3 is 2.41 bits per heavy atom. The molecule has 0 spiro atoms. The smallest absolute Gasteiger partial charge is 0.337 e. The van der Waals surface area contributed by atoms with E-state index in [2.05, 4.69) is 5.32 Å². The number of rotatable bonds is 6. The first kappa shape index (κ1) is 15.6. The van der Waals surface area contributed by atoms with Crippen molar-refractivity contribution in [1.29, 1.82) is 0 Å². The molecule has 0 radical (unpaired) electrons. The number of carbonyl (C=O) groups excluding carboxylic acids is 1. The number of hydrogen-bond acceptors (Lipinski definition) is 3. The van der Waals surface area contributed by atoms with E-state index in [0.717, 1.165) is 11.3 Å². The molecule has 0 aliphatic heterocycles. The lowest BCUT2D eigenvalue weighted by Crippen LogP contribution is -2.15. The maximum absolute atomic E-state index is 12.0. The molecule has 5 heteroatoms. The van der Waals surface area contributed by atoms with Gasteiger partial charge in [0.05, 0.1) is 18.4 Å². The molecule has 22 heavy (non-hydrogen) atoms. The van der Waals surface area contributed by atoms with E-state index in [9.17, 15) is 9.59 Å². The molecule has 0 unspecified atom stereocenters. The number of carbonyl (C=O) groups is 2. The summed E-state index contributed by atoms with van der Waals surface area (Å²) in [7, 11) is 1.60. The number of aromatic carboxylic acids is 1. The fourth-order valence-corrected chi connectivity index (χ4v) is 2.04. The lowest BCUT2D eigenvalue weighted by Gasteiger charge is -2.08. The topological polar surface area (TPSA) is 75.6 Å². The van der Waals surface area contributed by atoms with Gasteiger partial charge in [-0.25, -0.2) is 4.79 Å². The largest absolute Gasteiger partial charge is 0.497 e.